The summed E-state index contributed by atoms with van der Waals surface area (Å²) in [6.45, 7) is 3.79. The Kier molecular flexibility index (Phi) is 4.47. The molecule has 0 aliphatic carbocycles. The van der Waals surface area contributed by atoms with E-state index in [1.165, 1.54) is 6.07 Å². The van der Waals surface area contributed by atoms with Crippen LogP contribution in [0.4, 0.5) is 15.8 Å². The van der Waals surface area contributed by atoms with Gasteiger partial charge in [0.15, 0.2) is 11.6 Å². The van der Waals surface area contributed by atoms with Crippen molar-refractivity contribution in [1.29, 1.82) is 0 Å². The monoisotopic (exact) mass is 268 g/mol. The number of nitrogen functional groups attached to an aromatic ring is 1. The SMILES string of the molecule is CCCOc1cc(N2CCCC(O)C2)c(N)cc1F. The van der Waals surface area contributed by atoms with Gasteiger partial charge in [-0.15, -0.1) is 0 Å². The topological polar surface area (TPSA) is 58.7 Å². The van der Waals surface area contributed by atoms with Gasteiger partial charge in [0.2, 0.25) is 0 Å². The Morgan fingerprint density at radius 1 is 1.53 bits per heavy atom. The highest BCUT2D eigenvalue weighted by atomic mass is 19.1. The zero-order valence-electron chi connectivity index (χ0n) is 11.2. The van der Waals surface area contributed by atoms with Gasteiger partial charge in [0.1, 0.15) is 0 Å². The number of benzene rings is 1. The summed E-state index contributed by atoms with van der Waals surface area (Å²) in [6.07, 6.45) is 2.18. The van der Waals surface area contributed by atoms with Crippen LogP contribution in [0.25, 0.3) is 0 Å². The number of hydrogen-bond acceptors (Lipinski definition) is 4. The van der Waals surface area contributed by atoms with Gasteiger partial charge in [0, 0.05) is 25.2 Å². The largest absolute Gasteiger partial charge is 0.490 e. The fourth-order valence-corrected chi connectivity index (χ4v) is 2.33. The predicted octanol–water partition coefficient (Wildman–Crippen LogP) is 2.16. The molecule has 1 fully saturated rings. The van der Waals surface area contributed by atoms with Crippen molar-refractivity contribution in [3.05, 3.63) is 17.9 Å². The molecule has 0 saturated carbocycles. The molecule has 4 nitrogen and oxygen atoms in total. The summed E-state index contributed by atoms with van der Waals surface area (Å²) in [6, 6.07) is 2.93. The summed E-state index contributed by atoms with van der Waals surface area (Å²) in [4.78, 5) is 1.99. The van der Waals surface area contributed by atoms with E-state index in [0.29, 0.717) is 18.8 Å². The Balaban J connectivity index is 2.23. The quantitative estimate of drug-likeness (QED) is 0.822. The Bertz CT molecular complexity index is 440. The molecule has 1 aromatic rings. The highest BCUT2D eigenvalue weighted by Gasteiger charge is 2.21. The van der Waals surface area contributed by atoms with Crippen molar-refractivity contribution in [3.63, 3.8) is 0 Å². The summed E-state index contributed by atoms with van der Waals surface area (Å²) in [5.74, 6) is -0.210. The molecule has 2 rings (SSSR count). The van der Waals surface area contributed by atoms with Crippen molar-refractivity contribution in [3.8, 4) is 5.75 Å². The van der Waals surface area contributed by atoms with Crippen LogP contribution in [0.2, 0.25) is 0 Å². The lowest BCUT2D eigenvalue weighted by molar-refractivity contribution is 0.154. The number of nitrogens with zero attached hydrogens (tertiary/aromatic N) is 1. The summed E-state index contributed by atoms with van der Waals surface area (Å²) in [5, 5.41) is 9.71. The molecule has 1 atom stereocenters. The summed E-state index contributed by atoms with van der Waals surface area (Å²) in [5.41, 5.74) is 7.00. The zero-order chi connectivity index (χ0) is 13.8. The molecular weight excluding hydrogens is 247 g/mol. The predicted molar refractivity (Wildman–Crippen MR) is 74.1 cm³/mol. The van der Waals surface area contributed by atoms with Gasteiger partial charge in [-0.1, -0.05) is 6.92 Å². The number of nitrogens with two attached hydrogens (primary N) is 1. The molecule has 3 N–H and O–H groups in total. The van der Waals surface area contributed by atoms with Crippen molar-refractivity contribution >= 4 is 11.4 Å². The highest BCUT2D eigenvalue weighted by molar-refractivity contribution is 5.70. The van der Waals surface area contributed by atoms with Gasteiger partial charge in [-0.25, -0.2) is 4.39 Å². The first-order chi connectivity index (χ1) is 9.11. The average molecular weight is 268 g/mol. The Morgan fingerprint density at radius 2 is 2.32 bits per heavy atom. The van der Waals surface area contributed by atoms with Gasteiger partial charge >= 0.3 is 0 Å². The van der Waals surface area contributed by atoms with Crippen molar-refractivity contribution in [2.45, 2.75) is 32.3 Å². The second-order valence-electron chi connectivity index (χ2n) is 4.93. The second-order valence-corrected chi connectivity index (χ2v) is 4.93. The minimum Gasteiger partial charge on any atom is -0.490 e. The van der Waals surface area contributed by atoms with Crippen molar-refractivity contribution in [2.24, 2.45) is 0 Å². The van der Waals surface area contributed by atoms with Crippen molar-refractivity contribution < 1.29 is 14.2 Å². The molecule has 0 aromatic heterocycles. The maximum Gasteiger partial charge on any atom is 0.167 e. The number of ether oxygens (including phenoxy) is 1. The maximum absolute atomic E-state index is 13.7. The summed E-state index contributed by atoms with van der Waals surface area (Å²) in [7, 11) is 0. The third-order valence-electron chi connectivity index (χ3n) is 3.28. The first kappa shape index (κ1) is 13.9. The van der Waals surface area contributed by atoms with E-state index in [2.05, 4.69) is 0 Å². The van der Waals surface area contributed by atoms with Gasteiger partial charge in [-0.05, 0) is 19.3 Å². The van der Waals surface area contributed by atoms with Crippen molar-refractivity contribution in [1.82, 2.24) is 0 Å². The molecule has 0 spiro atoms. The van der Waals surface area contributed by atoms with E-state index >= 15 is 0 Å². The molecule has 19 heavy (non-hydrogen) atoms. The van der Waals surface area contributed by atoms with Crippen molar-refractivity contribution in [2.75, 3.05) is 30.3 Å². The molecule has 5 heteroatoms. The minimum atomic E-state index is -0.438. The fraction of sp³-hybridized carbons (Fsp3) is 0.571. The van der Waals surface area contributed by atoms with Crippen LogP contribution in [0, 0.1) is 5.82 Å². The highest BCUT2D eigenvalue weighted by Crippen LogP contribution is 2.32. The molecule has 1 unspecified atom stereocenters. The number of aliphatic hydroxyl groups is 1. The number of piperidine rings is 1. The minimum absolute atomic E-state index is 0.228. The molecule has 1 heterocycles. The number of aliphatic hydroxyl groups excluding tert-OH is 1. The van der Waals surface area contributed by atoms with E-state index in [1.807, 2.05) is 11.8 Å². The van der Waals surface area contributed by atoms with Gasteiger partial charge in [0.05, 0.1) is 24.1 Å². The van der Waals surface area contributed by atoms with E-state index < -0.39 is 5.82 Å². The first-order valence-electron chi connectivity index (χ1n) is 6.76. The third kappa shape index (κ3) is 3.29. The van der Waals surface area contributed by atoms with Gasteiger partial charge < -0.3 is 20.5 Å². The van der Waals surface area contributed by atoms with Gasteiger partial charge in [-0.3, -0.25) is 0 Å². The average Bonchev–Trinajstić information content (AvgIpc) is 2.38. The van der Waals surface area contributed by atoms with Gasteiger partial charge in [-0.2, -0.15) is 0 Å². The van der Waals surface area contributed by atoms with E-state index in [1.54, 1.807) is 6.07 Å². The van der Waals surface area contributed by atoms with Crippen LogP contribution in [0.5, 0.6) is 5.75 Å². The Labute approximate surface area is 113 Å². The normalized spacial score (nSPS) is 19.5. The molecule has 1 aliphatic heterocycles. The zero-order valence-corrected chi connectivity index (χ0v) is 11.2. The standard InChI is InChI=1S/C14H21FN2O2/c1-2-6-19-14-8-13(12(16)7-11(14)15)17-5-3-4-10(18)9-17/h7-8,10,18H,2-6,9,16H2,1H3. The molecule has 1 aliphatic rings. The van der Waals surface area contributed by atoms with Crippen LogP contribution in [0.3, 0.4) is 0 Å². The van der Waals surface area contributed by atoms with Crippen LogP contribution < -0.4 is 15.4 Å². The van der Waals surface area contributed by atoms with E-state index in [4.69, 9.17) is 10.5 Å². The summed E-state index contributed by atoms with van der Waals surface area (Å²) >= 11 is 0. The first-order valence-corrected chi connectivity index (χ1v) is 6.76. The molecule has 1 saturated heterocycles. The number of hydrogen-bond donors (Lipinski definition) is 2. The van der Waals surface area contributed by atoms with Crippen LogP contribution in [-0.2, 0) is 0 Å². The summed E-state index contributed by atoms with van der Waals surface area (Å²) < 4.78 is 19.1. The molecule has 0 bridgehead atoms. The Morgan fingerprint density at radius 3 is 3.00 bits per heavy atom. The lowest BCUT2D eigenvalue weighted by atomic mass is 10.1. The maximum atomic E-state index is 13.7. The molecule has 1 aromatic carbocycles. The number of anilines is 2. The molecular formula is C14H21FN2O2. The molecule has 0 radical (unpaired) electrons. The van der Waals surface area contributed by atoms with Crippen LogP contribution >= 0.6 is 0 Å². The van der Waals surface area contributed by atoms with E-state index in [-0.39, 0.29) is 11.9 Å². The fourth-order valence-electron chi connectivity index (χ4n) is 2.33. The molecule has 106 valence electrons. The number of halogens is 1. The van der Waals surface area contributed by atoms with E-state index in [0.717, 1.165) is 31.5 Å². The smallest absolute Gasteiger partial charge is 0.167 e. The number of rotatable bonds is 4. The Hall–Kier alpha value is -1.49. The van der Waals surface area contributed by atoms with Crippen LogP contribution in [0.15, 0.2) is 12.1 Å². The lowest BCUT2D eigenvalue weighted by Gasteiger charge is -2.33. The van der Waals surface area contributed by atoms with Gasteiger partial charge in [0.25, 0.3) is 0 Å². The van der Waals surface area contributed by atoms with E-state index in [9.17, 15) is 9.50 Å². The number of β-amino-alcohol motifs (C(OH)–C–C–N with tert-alkyl or cyclic N) is 1. The second kappa shape index (κ2) is 6.10. The lowest BCUT2D eigenvalue weighted by Crippen LogP contribution is -2.38. The van der Waals surface area contributed by atoms with Crippen LogP contribution in [-0.4, -0.2) is 30.9 Å². The third-order valence-corrected chi connectivity index (χ3v) is 3.28. The molecule has 0 amide bonds. The van der Waals surface area contributed by atoms with Crippen LogP contribution in [0.1, 0.15) is 26.2 Å².